The van der Waals surface area contributed by atoms with Gasteiger partial charge < -0.3 is 14.2 Å². The number of hydrogen-bond donors (Lipinski definition) is 0. The zero-order chi connectivity index (χ0) is 16.0. The lowest BCUT2D eigenvalue weighted by Crippen LogP contribution is -2.47. The topological polar surface area (TPSA) is 93.5 Å². The van der Waals surface area contributed by atoms with Crippen LogP contribution in [0.2, 0.25) is 0 Å². The maximum atomic E-state index is 12.1. The molecule has 22 heavy (non-hydrogen) atoms. The molecular formula is C15H23N3O4. The molecule has 2 aliphatic carbocycles. The Morgan fingerprint density at radius 1 is 1.32 bits per heavy atom. The van der Waals surface area contributed by atoms with Crippen LogP contribution in [0.3, 0.4) is 0 Å². The van der Waals surface area contributed by atoms with Gasteiger partial charge in [0.1, 0.15) is 0 Å². The van der Waals surface area contributed by atoms with Gasteiger partial charge in [-0.05, 0) is 23.8 Å². The summed E-state index contributed by atoms with van der Waals surface area (Å²) in [4.78, 5) is 15.0. The minimum absolute atomic E-state index is 0.0261. The standard InChI is InChI=1S/C15H23N3O4/c1-14(2)7-21-15(22-8-14)5-9-4-11(17-18-16)12(10(9)6-15)13(19)20-3/h9-12H,4-8H2,1-3H3/t9?,10?,11-,12+/m1/s1. The number of hydrogen-bond acceptors (Lipinski definition) is 5. The van der Waals surface area contributed by atoms with Crippen LogP contribution in [-0.4, -0.2) is 38.1 Å². The number of azide groups is 1. The first kappa shape index (κ1) is 15.6. The zero-order valence-electron chi connectivity index (χ0n) is 13.3. The molecule has 1 aliphatic heterocycles. The minimum atomic E-state index is -0.571. The smallest absolute Gasteiger partial charge is 0.309 e. The molecule has 0 radical (unpaired) electrons. The molecular weight excluding hydrogens is 286 g/mol. The van der Waals surface area contributed by atoms with E-state index in [0.717, 1.165) is 6.42 Å². The number of nitrogens with zero attached hydrogens (tertiary/aromatic N) is 3. The molecule has 7 nitrogen and oxygen atoms in total. The van der Waals surface area contributed by atoms with Gasteiger partial charge in [-0.2, -0.15) is 0 Å². The first-order valence-corrected chi connectivity index (χ1v) is 7.80. The molecule has 0 aromatic rings. The second kappa shape index (κ2) is 5.41. The number of esters is 1. The third kappa shape index (κ3) is 2.57. The van der Waals surface area contributed by atoms with Crippen molar-refractivity contribution in [3.8, 4) is 0 Å². The molecule has 1 spiro atoms. The van der Waals surface area contributed by atoms with E-state index < -0.39 is 5.79 Å². The lowest BCUT2D eigenvalue weighted by atomic mass is 9.90. The van der Waals surface area contributed by atoms with Gasteiger partial charge in [0, 0.05) is 23.2 Å². The summed E-state index contributed by atoms with van der Waals surface area (Å²) in [6, 6.07) is -0.315. The van der Waals surface area contributed by atoms with Crippen molar-refractivity contribution in [2.75, 3.05) is 20.3 Å². The number of ether oxygens (including phenoxy) is 3. The van der Waals surface area contributed by atoms with Crippen LogP contribution in [0.5, 0.6) is 0 Å². The van der Waals surface area contributed by atoms with Gasteiger partial charge in [-0.1, -0.05) is 19.0 Å². The minimum Gasteiger partial charge on any atom is -0.469 e. The number of carbonyl (C=O) groups excluding carboxylic acids is 1. The molecule has 2 unspecified atom stereocenters. The molecule has 0 N–H and O–H groups in total. The lowest BCUT2D eigenvalue weighted by molar-refractivity contribution is -0.298. The Kier molecular flexibility index (Phi) is 3.83. The molecule has 3 rings (SSSR count). The number of methoxy groups -OCH3 is 1. The number of rotatable bonds is 2. The second-order valence-electron chi connectivity index (χ2n) is 7.54. The van der Waals surface area contributed by atoms with E-state index in [4.69, 9.17) is 19.7 Å². The van der Waals surface area contributed by atoms with E-state index in [1.165, 1.54) is 7.11 Å². The third-order valence-corrected chi connectivity index (χ3v) is 5.27. The highest BCUT2D eigenvalue weighted by Gasteiger charge is 2.59. The summed E-state index contributed by atoms with van der Waals surface area (Å²) in [6.45, 7) is 5.55. The van der Waals surface area contributed by atoms with Crippen molar-refractivity contribution in [2.24, 2.45) is 28.3 Å². The molecule has 3 aliphatic rings. The lowest BCUT2D eigenvalue weighted by Gasteiger charge is -2.42. The first-order chi connectivity index (χ1) is 10.4. The third-order valence-electron chi connectivity index (χ3n) is 5.27. The monoisotopic (exact) mass is 309 g/mol. The van der Waals surface area contributed by atoms with Gasteiger partial charge in [-0.25, -0.2) is 0 Å². The molecule has 1 saturated heterocycles. The fourth-order valence-corrected chi connectivity index (χ4v) is 4.21. The Morgan fingerprint density at radius 2 is 2.00 bits per heavy atom. The Balaban J connectivity index is 1.77. The molecule has 0 aromatic heterocycles. The van der Waals surface area contributed by atoms with E-state index >= 15 is 0 Å². The van der Waals surface area contributed by atoms with E-state index in [1.807, 2.05) is 0 Å². The fourth-order valence-electron chi connectivity index (χ4n) is 4.21. The average molecular weight is 309 g/mol. The van der Waals surface area contributed by atoms with Gasteiger partial charge >= 0.3 is 5.97 Å². The SMILES string of the molecule is COC(=O)[C@H]1C2CC3(CC2C[C@H]1N=[N+]=[N-])OCC(C)(C)CO3. The summed E-state index contributed by atoms with van der Waals surface area (Å²) >= 11 is 0. The van der Waals surface area contributed by atoms with Gasteiger partial charge in [0.25, 0.3) is 0 Å². The van der Waals surface area contributed by atoms with Crippen LogP contribution >= 0.6 is 0 Å². The van der Waals surface area contributed by atoms with Gasteiger partial charge in [-0.3, -0.25) is 4.79 Å². The maximum absolute atomic E-state index is 12.1. The molecule has 2 saturated carbocycles. The van der Waals surface area contributed by atoms with Crippen molar-refractivity contribution in [3.63, 3.8) is 0 Å². The maximum Gasteiger partial charge on any atom is 0.309 e. The van der Waals surface area contributed by atoms with Crippen molar-refractivity contribution in [1.82, 2.24) is 0 Å². The molecule has 0 bridgehead atoms. The molecule has 122 valence electrons. The summed E-state index contributed by atoms with van der Waals surface area (Å²) in [7, 11) is 1.38. The van der Waals surface area contributed by atoms with Crippen molar-refractivity contribution >= 4 is 5.97 Å². The van der Waals surface area contributed by atoms with Crippen molar-refractivity contribution in [3.05, 3.63) is 10.4 Å². The summed E-state index contributed by atoms with van der Waals surface area (Å²) < 4.78 is 17.0. The van der Waals surface area contributed by atoms with E-state index in [-0.39, 0.29) is 35.2 Å². The van der Waals surface area contributed by atoms with E-state index in [2.05, 4.69) is 23.9 Å². The quantitative estimate of drug-likeness (QED) is 0.339. The molecule has 7 heteroatoms. The first-order valence-electron chi connectivity index (χ1n) is 7.80. The van der Waals surface area contributed by atoms with Crippen LogP contribution in [0.25, 0.3) is 10.4 Å². The number of carbonyl (C=O) groups is 1. The molecule has 0 aromatic carbocycles. The molecule has 3 fully saturated rings. The van der Waals surface area contributed by atoms with Crippen molar-refractivity contribution in [2.45, 2.75) is 44.9 Å². The molecule has 1 heterocycles. The van der Waals surface area contributed by atoms with Crippen LogP contribution in [0.4, 0.5) is 0 Å². The normalized spacial score (nSPS) is 38.3. The highest BCUT2D eigenvalue weighted by molar-refractivity contribution is 5.74. The Hall–Kier alpha value is -1.30. The van der Waals surface area contributed by atoms with Gasteiger partial charge in [0.15, 0.2) is 5.79 Å². The van der Waals surface area contributed by atoms with Crippen LogP contribution < -0.4 is 0 Å². The summed E-state index contributed by atoms with van der Waals surface area (Å²) in [5, 5.41) is 3.81. The number of fused-ring (bicyclic) bond motifs is 1. The Morgan fingerprint density at radius 3 is 2.59 bits per heavy atom. The van der Waals surface area contributed by atoms with Crippen LogP contribution in [-0.2, 0) is 19.0 Å². The molecule has 0 amide bonds. The van der Waals surface area contributed by atoms with Crippen LogP contribution in [0.15, 0.2) is 5.11 Å². The Labute approximate surface area is 129 Å². The van der Waals surface area contributed by atoms with Crippen LogP contribution in [0.1, 0.15) is 33.1 Å². The van der Waals surface area contributed by atoms with Crippen molar-refractivity contribution < 1.29 is 19.0 Å². The summed E-state index contributed by atoms with van der Waals surface area (Å²) in [5.74, 6) is -0.867. The van der Waals surface area contributed by atoms with Gasteiger partial charge in [0.05, 0.1) is 32.3 Å². The van der Waals surface area contributed by atoms with Crippen molar-refractivity contribution in [1.29, 1.82) is 0 Å². The highest BCUT2D eigenvalue weighted by Crippen LogP contribution is 2.55. The predicted molar refractivity (Wildman–Crippen MR) is 77.7 cm³/mol. The van der Waals surface area contributed by atoms with Gasteiger partial charge in [-0.15, -0.1) is 0 Å². The van der Waals surface area contributed by atoms with E-state index in [0.29, 0.717) is 26.1 Å². The van der Waals surface area contributed by atoms with E-state index in [9.17, 15) is 4.79 Å². The van der Waals surface area contributed by atoms with Gasteiger partial charge in [0.2, 0.25) is 0 Å². The second-order valence-corrected chi connectivity index (χ2v) is 7.54. The average Bonchev–Trinajstić information content (AvgIpc) is 2.96. The zero-order valence-corrected chi connectivity index (χ0v) is 13.3. The summed E-state index contributed by atoms with van der Waals surface area (Å²) in [6.07, 6.45) is 2.13. The highest BCUT2D eigenvalue weighted by atomic mass is 16.7. The predicted octanol–water partition coefficient (Wildman–Crippen LogP) is 2.65. The largest absolute Gasteiger partial charge is 0.469 e. The molecule has 4 atom stereocenters. The summed E-state index contributed by atoms with van der Waals surface area (Å²) in [5.41, 5.74) is 8.74. The Bertz CT molecular complexity index is 505. The fraction of sp³-hybridized carbons (Fsp3) is 0.933. The van der Waals surface area contributed by atoms with E-state index in [1.54, 1.807) is 0 Å². The van der Waals surface area contributed by atoms with Crippen LogP contribution in [0, 0.1) is 23.2 Å².